The number of nitrogens with zero attached hydrogens (tertiary/aromatic N) is 4. The summed E-state index contributed by atoms with van der Waals surface area (Å²) in [5.41, 5.74) is 2.18. The predicted molar refractivity (Wildman–Crippen MR) is 99.0 cm³/mol. The summed E-state index contributed by atoms with van der Waals surface area (Å²) < 4.78 is 10.8. The lowest BCUT2D eigenvalue weighted by Gasteiger charge is -2.27. The highest BCUT2D eigenvalue weighted by Crippen LogP contribution is 2.20. The van der Waals surface area contributed by atoms with Crippen LogP contribution in [0.5, 0.6) is 0 Å². The second-order valence-electron chi connectivity index (χ2n) is 6.36. The molecule has 0 bridgehead atoms. The zero-order chi connectivity index (χ0) is 17.6. The number of rotatable bonds is 6. The van der Waals surface area contributed by atoms with E-state index in [0.29, 0.717) is 5.89 Å². The van der Waals surface area contributed by atoms with Gasteiger partial charge in [-0.1, -0.05) is 35.5 Å². The van der Waals surface area contributed by atoms with E-state index in [1.807, 2.05) is 18.2 Å². The van der Waals surface area contributed by atoms with E-state index in [-0.39, 0.29) is 0 Å². The molecule has 0 amide bonds. The van der Waals surface area contributed by atoms with Crippen LogP contribution in [0, 0.1) is 0 Å². The van der Waals surface area contributed by atoms with Gasteiger partial charge in [-0.05, 0) is 30.5 Å². The lowest BCUT2D eigenvalue weighted by molar-refractivity contribution is 0.122. The average molecular weight is 350 g/mol. The van der Waals surface area contributed by atoms with Crippen LogP contribution in [0.4, 0.5) is 5.82 Å². The Morgan fingerprint density at radius 3 is 2.58 bits per heavy atom. The summed E-state index contributed by atoms with van der Waals surface area (Å²) in [6, 6.07) is 14.4. The maximum Gasteiger partial charge on any atom is 0.259 e. The summed E-state index contributed by atoms with van der Waals surface area (Å²) in [6.07, 6.45) is 4.61. The first-order chi connectivity index (χ1) is 12.9. The lowest BCUT2D eigenvalue weighted by atomic mass is 10.1. The van der Waals surface area contributed by atoms with Crippen molar-refractivity contribution in [3.8, 4) is 11.5 Å². The molecule has 0 N–H and O–H groups in total. The van der Waals surface area contributed by atoms with Crippen molar-refractivity contribution in [1.29, 1.82) is 0 Å². The third-order valence-corrected chi connectivity index (χ3v) is 4.51. The van der Waals surface area contributed by atoms with Crippen molar-refractivity contribution in [2.75, 3.05) is 31.2 Å². The molecule has 0 unspecified atom stereocenters. The molecule has 3 aromatic rings. The van der Waals surface area contributed by atoms with Gasteiger partial charge in [-0.15, -0.1) is 0 Å². The van der Waals surface area contributed by atoms with Gasteiger partial charge in [0.15, 0.2) is 5.82 Å². The number of morpholine rings is 1. The van der Waals surface area contributed by atoms with Crippen LogP contribution in [0.1, 0.15) is 17.8 Å². The number of ether oxygens (including phenoxy) is 1. The Bertz CT molecular complexity index is 811. The number of benzene rings is 1. The van der Waals surface area contributed by atoms with E-state index < -0.39 is 0 Å². The summed E-state index contributed by atoms with van der Waals surface area (Å²) >= 11 is 0. The minimum absolute atomic E-state index is 0.528. The molecule has 6 heteroatoms. The molecule has 0 spiro atoms. The monoisotopic (exact) mass is 350 g/mol. The molecule has 3 heterocycles. The molecule has 6 nitrogen and oxygen atoms in total. The van der Waals surface area contributed by atoms with E-state index >= 15 is 0 Å². The summed E-state index contributed by atoms with van der Waals surface area (Å²) in [5, 5.41) is 4.10. The van der Waals surface area contributed by atoms with Gasteiger partial charge in [0.05, 0.1) is 18.8 Å². The maximum atomic E-state index is 5.40. The van der Waals surface area contributed by atoms with Crippen LogP contribution in [0.15, 0.2) is 53.2 Å². The summed E-state index contributed by atoms with van der Waals surface area (Å²) in [4.78, 5) is 11.3. The van der Waals surface area contributed by atoms with E-state index in [1.165, 1.54) is 5.56 Å². The first-order valence-corrected chi connectivity index (χ1v) is 9.04. The molecule has 4 rings (SSSR count). The number of aryl methyl sites for hydroxylation is 2. The van der Waals surface area contributed by atoms with Gasteiger partial charge in [-0.25, -0.2) is 4.98 Å². The van der Waals surface area contributed by atoms with Crippen LogP contribution in [-0.2, 0) is 17.6 Å². The lowest BCUT2D eigenvalue weighted by Crippen LogP contribution is -2.36. The Morgan fingerprint density at radius 1 is 0.962 bits per heavy atom. The molecule has 1 aliphatic heterocycles. The largest absolute Gasteiger partial charge is 0.378 e. The first-order valence-electron chi connectivity index (χ1n) is 9.04. The fourth-order valence-corrected chi connectivity index (χ4v) is 3.06. The van der Waals surface area contributed by atoms with Crippen molar-refractivity contribution >= 4 is 5.82 Å². The zero-order valence-corrected chi connectivity index (χ0v) is 14.7. The van der Waals surface area contributed by atoms with Crippen molar-refractivity contribution in [3.63, 3.8) is 0 Å². The van der Waals surface area contributed by atoms with Crippen molar-refractivity contribution in [2.24, 2.45) is 0 Å². The van der Waals surface area contributed by atoms with Crippen molar-refractivity contribution in [1.82, 2.24) is 15.1 Å². The van der Waals surface area contributed by atoms with E-state index in [1.54, 1.807) is 6.20 Å². The van der Waals surface area contributed by atoms with Gasteiger partial charge in [0.2, 0.25) is 0 Å². The fourth-order valence-electron chi connectivity index (χ4n) is 3.06. The van der Waals surface area contributed by atoms with Crippen LogP contribution in [0.25, 0.3) is 11.5 Å². The van der Waals surface area contributed by atoms with Crippen molar-refractivity contribution in [2.45, 2.75) is 19.3 Å². The number of anilines is 1. The SMILES string of the molecule is c1ccc(CCCc2noc(-c3ccc(N4CCOCC4)nc3)n2)cc1. The molecule has 0 saturated carbocycles. The van der Waals surface area contributed by atoms with Crippen molar-refractivity contribution < 1.29 is 9.26 Å². The van der Waals surface area contributed by atoms with Crippen LogP contribution in [0.2, 0.25) is 0 Å². The Morgan fingerprint density at radius 2 is 1.81 bits per heavy atom. The molecular weight excluding hydrogens is 328 g/mol. The highest BCUT2D eigenvalue weighted by atomic mass is 16.5. The highest BCUT2D eigenvalue weighted by molar-refractivity contribution is 5.54. The van der Waals surface area contributed by atoms with E-state index in [9.17, 15) is 0 Å². The Balaban J connectivity index is 1.35. The van der Waals surface area contributed by atoms with Gasteiger partial charge in [0.25, 0.3) is 5.89 Å². The van der Waals surface area contributed by atoms with Gasteiger partial charge in [-0.3, -0.25) is 0 Å². The van der Waals surface area contributed by atoms with Crippen LogP contribution in [0.3, 0.4) is 0 Å². The molecule has 2 aromatic heterocycles. The minimum atomic E-state index is 0.528. The predicted octanol–water partition coefficient (Wildman–Crippen LogP) is 3.14. The van der Waals surface area contributed by atoms with Gasteiger partial charge in [0.1, 0.15) is 5.82 Å². The van der Waals surface area contributed by atoms with Gasteiger partial charge in [0, 0.05) is 25.7 Å². The summed E-state index contributed by atoms with van der Waals surface area (Å²) in [6.45, 7) is 3.25. The quantitative estimate of drug-likeness (QED) is 0.680. The fraction of sp³-hybridized carbons (Fsp3) is 0.350. The Labute approximate surface area is 152 Å². The standard InChI is InChI=1S/C20H22N4O2/c1-2-5-16(6-3-1)7-4-8-18-22-20(26-23-18)17-9-10-19(21-15-17)24-11-13-25-14-12-24/h1-3,5-6,9-10,15H,4,7-8,11-14H2. The average Bonchev–Trinajstić information content (AvgIpc) is 3.19. The zero-order valence-electron chi connectivity index (χ0n) is 14.7. The summed E-state index contributed by atoms with van der Waals surface area (Å²) in [5.74, 6) is 2.23. The number of aromatic nitrogens is 3. The molecule has 0 radical (unpaired) electrons. The molecule has 1 aliphatic rings. The van der Waals surface area contributed by atoms with Crippen molar-refractivity contribution in [3.05, 3.63) is 60.0 Å². The van der Waals surface area contributed by atoms with Crippen LogP contribution in [-0.4, -0.2) is 41.4 Å². The molecule has 1 aromatic carbocycles. The van der Waals surface area contributed by atoms with Gasteiger partial charge >= 0.3 is 0 Å². The molecular formula is C20H22N4O2. The summed E-state index contributed by atoms with van der Waals surface area (Å²) in [7, 11) is 0. The van der Waals surface area contributed by atoms with E-state index in [2.05, 4.69) is 44.3 Å². The van der Waals surface area contributed by atoms with E-state index in [0.717, 1.165) is 62.8 Å². The highest BCUT2D eigenvalue weighted by Gasteiger charge is 2.14. The number of pyridine rings is 1. The smallest absolute Gasteiger partial charge is 0.259 e. The third kappa shape index (κ3) is 4.08. The van der Waals surface area contributed by atoms with Gasteiger partial charge in [-0.2, -0.15) is 4.98 Å². The molecule has 1 saturated heterocycles. The second kappa shape index (κ2) is 8.10. The molecule has 134 valence electrons. The molecule has 26 heavy (non-hydrogen) atoms. The Kier molecular flexibility index (Phi) is 5.21. The van der Waals surface area contributed by atoms with E-state index in [4.69, 9.17) is 9.26 Å². The normalized spacial score (nSPS) is 14.5. The number of hydrogen-bond donors (Lipinski definition) is 0. The molecule has 1 fully saturated rings. The van der Waals surface area contributed by atoms with Gasteiger partial charge < -0.3 is 14.2 Å². The first kappa shape index (κ1) is 16.7. The Hall–Kier alpha value is -2.73. The number of hydrogen-bond acceptors (Lipinski definition) is 6. The second-order valence-corrected chi connectivity index (χ2v) is 6.36. The molecule has 0 aliphatic carbocycles. The minimum Gasteiger partial charge on any atom is -0.378 e. The van der Waals surface area contributed by atoms with Crippen LogP contribution >= 0.6 is 0 Å². The van der Waals surface area contributed by atoms with Crippen LogP contribution < -0.4 is 4.90 Å². The topological polar surface area (TPSA) is 64.3 Å². The molecule has 0 atom stereocenters. The maximum absolute atomic E-state index is 5.40. The third-order valence-electron chi connectivity index (χ3n) is 4.51.